The molecule has 0 amide bonds. The molecule has 0 spiro atoms. The lowest BCUT2D eigenvalue weighted by Gasteiger charge is -2.12. The Balaban J connectivity index is 1.51. The first-order valence-electron chi connectivity index (χ1n) is 6.92. The topological polar surface area (TPSA) is 47.0 Å². The Morgan fingerprint density at radius 3 is 2.61 bits per heavy atom. The monoisotopic (exact) mass is 245 g/mol. The van der Waals surface area contributed by atoms with Crippen molar-refractivity contribution in [2.24, 2.45) is 23.7 Å². The first-order chi connectivity index (χ1) is 8.76. The SMILES string of the molecule is COc1cc(NC2C3C4CCC(C4)C23)nc(C)n1. The molecule has 3 aliphatic carbocycles. The highest BCUT2D eigenvalue weighted by molar-refractivity contribution is 5.43. The number of aromatic nitrogens is 2. The van der Waals surface area contributed by atoms with E-state index in [9.17, 15) is 0 Å². The van der Waals surface area contributed by atoms with Crippen LogP contribution in [-0.4, -0.2) is 23.1 Å². The predicted octanol–water partition coefficient (Wildman–Crippen LogP) is 2.25. The lowest BCUT2D eigenvalue weighted by molar-refractivity contribution is 0.396. The van der Waals surface area contributed by atoms with Gasteiger partial charge in [0.05, 0.1) is 7.11 Å². The highest BCUT2D eigenvalue weighted by atomic mass is 16.5. The van der Waals surface area contributed by atoms with E-state index in [-0.39, 0.29) is 0 Å². The van der Waals surface area contributed by atoms with Gasteiger partial charge < -0.3 is 10.1 Å². The molecule has 4 heteroatoms. The largest absolute Gasteiger partial charge is 0.481 e. The van der Waals surface area contributed by atoms with Crippen LogP contribution in [0.1, 0.15) is 25.1 Å². The van der Waals surface area contributed by atoms with Gasteiger partial charge in [0.15, 0.2) is 0 Å². The summed E-state index contributed by atoms with van der Waals surface area (Å²) in [5.41, 5.74) is 0. The van der Waals surface area contributed by atoms with Crippen molar-refractivity contribution in [2.75, 3.05) is 12.4 Å². The van der Waals surface area contributed by atoms with Crippen LogP contribution in [-0.2, 0) is 0 Å². The molecule has 2 bridgehead atoms. The smallest absolute Gasteiger partial charge is 0.218 e. The molecular formula is C14H19N3O. The van der Waals surface area contributed by atoms with Gasteiger partial charge in [-0.15, -0.1) is 0 Å². The summed E-state index contributed by atoms with van der Waals surface area (Å²) >= 11 is 0. The van der Waals surface area contributed by atoms with Crippen LogP contribution >= 0.6 is 0 Å². The Labute approximate surface area is 107 Å². The molecule has 4 atom stereocenters. The number of aryl methyl sites for hydroxylation is 1. The van der Waals surface area contributed by atoms with E-state index in [0.717, 1.165) is 35.3 Å². The molecule has 1 aromatic heterocycles. The van der Waals surface area contributed by atoms with Crippen LogP contribution in [0.4, 0.5) is 5.82 Å². The van der Waals surface area contributed by atoms with Gasteiger partial charge in [-0.2, -0.15) is 4.98 Å². The highest BCUT2D eigenvalue weighted by Gasteiger charge is 2.65. The molecule has 4 unspecified atom stereocenters. The normalized spacial score (nSPS) is 39.6. The number of methoxy groups -OCH3 is 1. The molecule has 0 aliphatic heterocycles. The minimum absolute atomic E-state index is 0.652. The van der Waals surface area contributed by atoms with E-state index in [4.69, 9.17) is 4.74 Å². The molecule has 3 aliphatic rings. The zero-order valence-electron chi connectivity index (χ0n) is 10.9. The van der Waals surface area contributed by atoms with Crippen molar-refractivity contribution in [3.8, 4) is 5.88 Å². The van der Waals surface area contributed by atoms with Crippen LogP contribution in [0.2, 0.25) is 0 Å². The van der Waals surface area contributed by atoms with Gasteiger partial charge in [0, 0.05) is 12.1 Å². The van der Waals surface area contributed by atoms with Crippen LogP contribution in [0.25, 0.3) is 0 Å². The summed E-state index contributed by atoms with van der Waals surface area (Å²) in [6.07, 6.45) is 4.39. The number of nitrogens with one attached hydrogen (secondary N) is 1. The van der Waals surface area contributed by atoms with E-state index in [1.807, 2.05) is 13.0 Å². The fourth-order valence-electron chi connectivity index (χ4n) is 4.41. The van der Waals surface area contributed by atoms with Crippen LogP contribution < -0.4 is 10.1 Å². The van der Waals surface area contributed by atoms with E-state index < -0.39 is 0 Å². The number of fused-ring (bicyclic) bond motifs is 5. The average Bonchev–Trinajstić information content (AvgIpc) is 2.76. The van der Waals surface area contributed by atoms with Gasteiger partial charge in [-0.3, -0.25) is 0 Å². The molecular weight excluding hydrogens is 226 g/mol. The Hall–Kier alpha value is -1.32. The Morgan fingerprint density at radius 2 is 1.94 bits per heavy atom. The van der Waals surface area contributed by atoms with Gasteiger partial charge in [-0.05, 0) is 49.9 Å². The van der Waals surface area contributed by atoms with E-state index >= 15 is 0 Å². The van der Waals surface area contributed by atoms with Crippen molar-refractivity contribution in [3.63, 3.8) is 0 Å². The number of rotatable bonds is 3. The summed E-state index contributed by atoms with van der Waals surface area (Å²) in [6, 6.07) is 2.57. The molecule has 96 valence electrons. The Morgan fingerprint density at radius 1 is 1.22 bits per heavy atom. The summed E-state index contributed by atoms with van der Waals surface area (Å²) < 4.78 is 5.20. The maximum atomic E-state index is 5.20. The maximum absolute atomic E-state index is 5.20. The van der Waals surface area contributed by atoms with E-state index in [2.05, 4.69) is 15.3 Å². The van der Waals surface area contributed by atoms with Gasteiger partial charge in [-0.1, -0.05) is 0 Å². The summed E-state index contributed by atoms with van der Waals surface area (Å²) in [5.74, 6) is 6.17. The van der Waals surface area contributed by atoms with Crippen molar-refractivity contribution in [1.29, 1.82) is 0 Å². The van der Waals surface area contributed by atoms with Crippen molar-refractivity contribution in [2.45, 2.75) is 32.2 Å². The van der Waals surface area contributed by atoms with Gasteiger partial charge in [-0.25, -0.2) is 4.98 Å². The number of hydrogen-bond donors (Lipinski definition) is 1. The third kappa shape index (κ3) is 1.44. The van der Waals surface area contributed by atoms with Crippen LogP contribution in [0, 0.1) is 30.6 Å². The number of anilines is 1. The molecule has 1 heterocycles. The predicted molar refractivity (Wildman–Crippen MR) is 68.5 cm³/mol. The van der Waals surface area contributed by atoms with Crippen molar-refractivity contribution >= 4 is 5.82 Å². The molecule has 3 fully saturated rings. The van der Waals surface area contributed by atoms with Crippen LogP contribution in [0.5, 0.6) is 5.88 Å². The Kier molecular flexibility index (Phi) is 2.11. The van der Waals surface area contributed by atoms with E-state index in [1.54, 1.807) is 7.11 Å². The molecule has 4 nitrogen and oxygen atoms in total. The number of ether oxygens (including phenoxy) is 1. The second kappa shape index (κ2) is 3.59. The zero-order valence-corrected chi connectivity index (χ0v) is 10.9. The third-order valence-electron chi connectivity index (χ3n) is 5.07. The molecule has 0 saturated heterocycles. The van der Waals surface area contributed by atoms with Crippen molar-refractivity contribution in [3.05, 3.63) is 11.9 Å². The first kappa shape index (κ1) is 10.6. The zero-order chi connectivity index (χ0) is 12.3. The molecule has 1 aromatic rings. The second-order valence-electron chi connectivity index (χ2n) is 6.00. The molecule has 18 heavy (non-hydrogen) atoms. The van der Waals surface area contributed by atoms with Crippen molar-refractivity contribution < 1.29 is 4.74 Å². The van der Waals surface area contributed by atoms with E-state index in [1.165, 1.54) is 19.3 Å². The van der Waals surface area contributed by atoms with Gasteiger partial charge >= 0.3 is 0 Å². The van der Waals surface area contributed by atoms with E-state index in [0.29, 0.717) is 11.9 Å². The number of hydrogen-bond acceptors (Lipinski definition) is 4. The lowest BCUT2D eigenvalue weighted by Crippen LogP contribution is -2.14. The quantitative estimate of drug-likeness (QED) is 0.887. The standard InChI is InChI=1S/C14H19N3O/c1-7-15-10(6-11(16-7)18-2)17-14-12-8-3-4-9(5-8)13(12)14/h6,8-9,12-14H,3-5H2,1-2H3,(H,15,16,17). The average molecular weight is 245 g/mol. The molecule has 1 N–H and O–H groups in total. The Bertz CT molecular complexity index is 474. The van der Waals surface area contributed by atoms with Crippen LogP contribution in [0.3, 0.4) is 0 Å². The summed E-state index contributed by atoms with van der Waals surface area (Å²) in [7, 11) is 1.65. The highest BCUT2D eigenvalue weighted by Crippen LogP contribution is 2.66. The fraction of sp³-hybridized carbons (Fsp3) is 0.714. The fourth-order valence-corrected chi connectivity index (χ4v) is 4.41. The third-order valence-corrected chi connectivity index (χ3v) is 5.07. The first-order valence-corrected chi connectivity index (χ1v) is 6.92. The van der Waals surface area contributed by atoms with Gasteiger partial charge in [0.1, 0.15) is 11.6 Å². The minimum atomic E-state index is 0.652. The van der Waals surface area contributed by atoms with Gasteiger partial charge in [0.25, 0.3) is 0 Å². The summed E-state index contributed by atoms with van der Waals surface area (Å²) in [6.45, 7) is 1.91. The van der Waals surface area contributed by atoms with Crippen LogP contribution in [0.15, 0.2) is 6.07 Å². The van der Waals surface area contributed by atoms with Crippen molar-refractivity contribution in [1.82, 2.24) is 9.97 Å². The summed E-state index contributed by atoms with van der Waals surface area (Å²) in [4.78, 5) is 8.68. The minimum Gasteiger partial charge on any atom is -0.481 e. The second-order valence-corrected chi connectivity index (χ2v) is 6.00. The molecule has 0 aromatic carbocycles. The number of nitrogens with zero attached hydrogens (tertiary/aromatic N) is 2. The molecule has 4 rings (SSSR count). The summed E-state index contributed by atoms with van der Waals surface area (Å²) in [5, 5.41) is 3.60. The lowest BCUT2D eigenvalue weighted by atomic mass is 10.0. The molecule has 3 saturated carbocycles. The molecule has 0 radical (unpaired) electrons. The van der Waals surface area contributed by atoms with Gasteiger partial charge in [0.2, 0.25) is 5.88 Å². The maximum Gasteiger partial charge on any atom is 0.218 e.